The Morgan fingerprint density at radius 2 is 0.630 bits per heavy atom. The average Bonchev–Trinajstić information content (AvgIpc) is 3.57. The van der Waals surface area contributed by atoms with E-state index in [1.807, 2.05) is 0 Å². The van der Waals surface area contributed by atoms with Gasteiger partial charge in [-0.05, 0) is 35.4 Å². The van der Waals surface area contributed by atoms with Crippen molar-refractivity contribution in [1.82, 2.24) is 9.80 Å². The highest BCUT2D eigenvalue weighted by Crippen LogP contribution is 2.49. The lowest BCUT2D eigenvalue weighted by molar-refractivity contribution is -0.138. The lowest BCUT2D eigenvalue weighted by Crippen LogP contribution is -2.31. The minimum atomic E-state index is -4.99. The molecule has 0 saturated carbocycles. The first-order chi connectivity index (χ1) is 25.1. The molecule has 4 aromatic rings. The first-order valence-electron chi connectivity index (χ1n) is 14.6. The molecule has 0 atom stereocenters. The number of hydrogen-bond acceptors (Lipinski definition) is 2. The summed E-state index contributed by atoms with van der Waals surface area (Å²) in [5, 5.41) is 0. The summed E-state index contributed by atoms with van der Waals surface area (Å²) in [6, 6.07) is 3.94. The molecular weight excluding hydrogens is 772 g/mol. The summed E-state index contributed by atoms with van der Waals surface area (Å²) < 4.78 is 224. The van der Waals surface area contributed by atoms with Crippen molar-refractivity contribution in [3.8, 4) is 0 Å². The van der Waals surface area contributed by atoms with Crippen LogP contribution >= 0.6 is 0 Å². The van der Waals surface area contributed by atoms with Crippen molar-refractivity contribution in [3.05, 3.63) is 151 Å². The van der Waals surface area contributed by atoms with Gasteiger partial charge in [0.1, 0.15) is 0 Å². The van der Waals surface area contributed by atoms with E-state index >= 15 is 0 Å². The molecule has 2 aliphatic heterocycles. The van der Waals surface area contributed by atoms with Crippen molar-refractivity contribution >= 4 is 23.2 Å². The fourth-order valence-electron chi connectivity index (χ4n) is 5.83. The van der Waals surface area contributed by atoms with Gasteiger partial charge in [-0.2, -0.15) is 26.3 Å². The molecule has 0 unspecified atom stereocenters. The summed E-state index contributed by atoms with van der Waals surface area (Å²) in [7, 11) is 0. The standard InChI is InChI=1S/C34H12F16N2O2/c35-19-15(20(36)24(40)27(43)23(19)39)9-51-29(11-1-5-13(6-2-11)33(45,46)47)17-18(32(51)54)30(12-3-7-14(8-4-12)34(48,49)50)52(31(17)53)10-16-21(37)25(41)28(44)26(42)22(16)38/h1-8H,9-10H2. The molecule has 6 rings (SSSR count). The number of amides is 2. The lowest BCUT2D eigenvalue weighted by atomic mass is 10.0. The van der Waals surface area contributed by atoms with Gasteiger partial charge in [-0.15, -0.1) is 0 Å². The Labute approximate surface area is 289 Å². The molecular formula is C34H12F16N2O2. The molecule has 2 heterocycles. The van der Waals surface area contributed by atoms with E-state index in [1.54, 1.807) is 0 Å². The molecule has 0 fully saturated rings. The Balaban J connectivity index is 1.64. The third-order valence-electron chi connectivity index (χ3n) is 8.39. The van der Waals surface area contributed by atoms with E-state index in [9.17, 15) is 79.8 Å². The molecule has 282 valence electrons. The molecule has 0 radical (unpaired) electrons. The van der Waals surface area contributed by atoms with Gasteiger partial charge in [0, 0.05) is 11.1 Å². The zero-order valence-electron chi connectivity index (χ0n) is 25.8. The van der Waals surface area contributed by atoms with E-state index in [0.29, 0.717) is 48.5 Å². The molecule has 54 heavy (non-hydrogen) atoms. The summed E-state index contributed by atoms with van der Waals surface area (Å²) in [5.74, 6) is -28.4. The van der Waals surface area contributed by atoms with Crippen LogP contribution in [0.5, 0.6) is 0 Å². The van der Waals surface area contributed by atoms with E-state index in [2.05, 4.69) is 0 Å². The number of carbonyl (C=O) groups is 2. The van der Waals surface area contributed by atoms with Gasteiger partial charge in [0.05, 0.1) is 46.8 Å². The van der Waals surface area contributed by atoms with Gasteiger partial charge >= 0.3 is 12.4 Å². The zero-order chi connectivity index (χ0) is 39.9. The molecule has 0 bridgehead atoms. The minimum absolute atomic E-state index is 0.184. The summed E-state index contributed by atoms with van der Waals surface area (Å²) in [5.41, 5.74) is -11.1. The van der Waals surface area contributed by atoms with Crippen molar-refractivity contribution in [1.29, 1.82) is 0 Å². The number of benzene rings is 4. The van der Waals surface area contributed by atoms with Crippen molar-refractivity contribution in [3.63, 3.8) is 0 Å². The normalized spacial score (nSPS) is 15.0. The molecule has 2 aliphatic rings. The molecule has 2 amide bonds. The maximum atomic E-state index is 14.9. The van der Waals surface area contributed by atoms with Gasteiger partial charge in [0.15, 0.2) is 46.5 Å². The smallest absolute Gasteiger partial charge is 0.302 e. The van der Waals surface area contributed by atoms with Gasteiger partial charge < -0.3 is 9.80 Å². The monoisotopic (exact) mass is 784 g/mol. The molecule has 4 nitrogen and oxygen atoms in total. The Bertz CT molecular complexity index is 2120. The Hall–Kier alpha value is -5.82. The summed E-state index contributed by atoms with van der Waals surface area (Å²) in [4.78, 5) is 28.7. The van der Waals surface area contributed by atoms with Gasteiger partial charge in [-0.1, -0.05) is 24.3 Å². The van der Waals surface area contributed by atoms with Crippen LogP contribution in [0.4, 0.5) is 70.2 Å². The highest BCUT2D eigenvalue weighted by molar-refractivity contribution is 6.30. The summed E-state index contributed by atoms with van der Waals surface area (Å²) in [6.45, 7) is -3.28. The SMILES string of the molecule is O=C1C2=C(c3ccc(C(F)(F)F)cc3)N(Cc3c(F)c(F)c(F)c(F)c3F)C(=O)C2=C(c2ccc(C(F)(F)F)cc2)N1Cc1c(F)c(F)c(F)c(F)c1F. The fraction of sp³-hybridized carbons (Fsp3) is 0.118. The van der Waals surface area contributed by atoms with Crippen molar-refractivity contribution in [2.24, 2.45) is 0 Å². The van der Waals surface area contributed by atoms with Crippen LogP contribution in [0.25, 0.3) is 11.4 Å². The number of rotatable bonds is 6. The van der Waals surface area contributed by atoms with E-state index in [0.717, 1.165) is 0 Å². The fourth-order valence-corrected chi connectivity index (χ4v) is 5.83. The van der Waals surface area contributed by atoms with Crippen molar-refractivity contribution in [2.45, 2.75) is 25.4 Å². The van der Waals surface area contributed by atoms with Crippen LogP contribution in [0.3, 0.4) is 0 Å². The predicted molar refractivity (Wildman–Crippen MR) is 150 cm³/mol. The van der Waals surface area contributed by atoms with E-state index < -0.39 is 151 Å². The number of carbonyl (C=O) groups excluding carboxylic acids is 2. The zero-order valence-corrected chi connectivity index (χ0v) is 25.8. The average molecular weight is 784 g/mol. The van der Waals surface area contributed by atoms with Gasteiger partial charge in [-0.25, -0.2) is 43.9 Å². The number of alkyl halides is 6. The van der Waals surface area contributed by atoms with Crippen LogP contribution in [0.2, 0.25) is 0 Å². The van der Waals surface area contributed by atoms with Crippen LogP contribution in [-0.4, -0.2) is 21.6 Å². The van der Waals surface area contributed by atoms with Crippen molar-refractivity contribution < 1.29 is 79.8 Å². The molecule has 0 aliphatic carbocycles. The van der Waals surface area contributed by atoms with Crippen LogP contribution in [-0.2, 0) is 35.0 Å². The molecule has 0 saturated heterocycles. The van der Waals surface area contributed by atoms with Crippen LogP contribution < -0.4 is 0 Å². The van der Waals surface area contributed by atoms with E-state index in [-0.39, 0.29) is 9.80 Å². The second kappa shape index (κ2) is 12.9. The Kier molecular flexibility index (Phi) is 9.09. The lowest BCUT2D eigenvalue weighted by Gasteiger charge is -2.26. The molecule has 4 aromatic carbocycles. The van der Waals surface area contributed by atoms with E-state index in [4.69, 9.17) is 0 Å². The molecule has 0 spiro atoms. The first kappa shape index (κ1) is 37.9. The third kappa shape index (κ3) is 5.92. The number of fused-ring (bicyclic) bond motifs is 1. The summed E-state index contributed by atoms with van der Waals surface area (Å²) >= 11 is 0. The molecule has 20 heteroatoms. The van der Waals surface area contributed by atoms with Crippen LogP contribution in [0, 0.1) is 58.2 Å². The van der Waals surface area contributed by atoms with Crippen LogP contribution in [0.15, 0.2) is 59.7 Å². The highest BCUT2D eigenvalue weighted by Gasteiger charge is 2.50. The van der Waals surface area contributed by atoms with E-state index in [1.165, 1.54) is 0 Å². The first-order valence-corrected chi connectivity index (χ1v) is 14.6. The maximum absolute atomic E-state index is 14.9. The second-order valence-corrected chi connectivity index (χ2v) is 11.5. The van der Waals surface area contributed by atoms with Crippen molar-refractivity contribution in [2.75, 3.05) is 0 Å². The summed E-state index contributed by atoms with van der Waals surface area (Å²) in [6.07, 6.45) is -9.99. The number of nitrogens with zero attached hydrogens (tertiary/aromatic N) is 2. The topological polar surface area (TPSA) is 40.6 Å². The van der Waals surface area contributed by atoms with Gasteiger partial charge in [0.25, 0.3) is 11.8 Å². The third-order valence-corrected chi connectivity index (χ3v) is 8.39. The highest BCUT2D eigenvalue weighted by atomic mass is 19.4. The van der Waals surface area contributed by atoms with Gasteiger partial charge in [-0.3, -0.25) is 9.59 Å². The minimum Gasteiger partial charge on any atom is -0.302 e. The maximum Gasteiger partial charge on any atom is 0.416 e. The van der Waals surface area contributed by atoms with Crippen LogP contribution in [0.1, 0.15) is 33.4 Å². The largest absolute Gasteiger partial charge is 0.416 e. The Morgan fingerprint density at radius 3 is 0.870 bits per heavy atom. The number of halogens is 16. The molecule has 0 N–H and O–H groups in total. The quantitative estimate of drug-likeness (QED) is 0.111. The molecule has 0 aromatic heterocycles. The Morgan fingerprint density at radius 1 is 0.389 bits per heavy atom. The number of hydrogen-bond donors (Lipinski definition) is 0. The second-order valence-electron chi connectivity index (χ2n) is 11.5. The predicted octanol–water partition coefficient (Wildman–Crippen LogP) is 9.32. The van der Waals surface area contributed by atoms with Gasteiger partial charge in [0.2, 0.25) is 11.6 Å².